The summed E-state index contributed by atoms with van der Waals surface area (Å²) >= 11 is 0. The molecule has 7 nitrogen and oxygen atoms in total. The summed E-state index contributed by atoms with van der Waals surface area (Å²) in [4.78, 5) is 12.6. The first kappa shape index (κ1) is 23.5. The smallest absolute Gasteiger partial charge is 0.303 e. The van der Waals surface area contributed by atoms with Crippen LogP contribution in [0, 0.1) is 0 Å². The maximum Gasteiger partial charge on any atom is 0.303 e. The van der Waals surface area contributed by atoms with Crippen molar-refractivity contribution >= 4 is 18.7 Å². The van der Waals surface area contributed by atoms with Gasteiger partial charge in [0.05, 0.1) is 19.0 Å². The van der Waals surface area contributed by atoms with E-state index in [2.05, 4.69) is 6.92 Å². The highest BCUT2D eigenvalue weighted by atomic mass is 31.2. The minimum Gasteiger partial charge on any atom is -0.497 e. The van der Waals surface area contributed by atoms with Crippen molar-refractivity contribution in [2.75, 3.05) is 13.7 Å². The fourth-order valence-corrected chi connectivity index (χ4v) is 6.26. The Balaban J connectivity index is 1.98. The number of nitrogens with one attached hydrogen (secondary N) is 1. The van der Waals surface area contributed by atoms with Crippen molar-refractivity contribution in [1.82, 2.24) is 10.2 Å². The third-order valence-corrected chi connectivity index (χ3v) is 8.22. The van der Waals surface area contributed by atoms with Crippen LogP contribution in [0.5, 0.6) is 5.75 Å². The molecule has 2 atom stereocenters. The molecule has 0 spiro atoms. The lowest BCUT2D eigenvalue weighted by Crippen LogP contribution is -2.49. The van der Waals surface area contributed by atoms with Gasteiger partial charge in [-0.2, -0.15) is 0 Å². The van der Waals surface area contributed by atoms with Crippen molar-refractivity contribution in [3.63, 3.8) is 0 Å². The SMILES string of the molecule is CCCCCCO[P@](=O)(c1ccc(OC)cc1)N1Cc2ccccc2C[C@@H]1C(=O)NO. The van der Waals surface area contributed by atoms with Crippen LogP contribution in [-0.4, -0.2) is 35.5 Å². The van der Waals surface area contributed by atoms with Gasteiger partial charge in [-0.25, -0.2) is 10.2 Å². The quantitative estimate of drug-likeness (QED) is 0.248. The Hall–Kier alpha value is -2.18. The van der Waals surface area contributed by atoms with Crippen LogP contribution in [0.2, 0.25) is 0 Å². The van der Waals surface area contributed by atoms with Gasteiger partial charge in [-0.05, 0) is 48.2 Å². The molecule has 0 unspecified atom stereocenters. The molecule has 1 aliphatic heterocycles. The molecule has 1 amide bonds. The van der Waals surface area contributed by atoms with Crippen LogP contribution < -0.4 is 15.5 Å². The largest absolute Gasteiger partial charge is 0.497 e. The second-order valence-electron chi connectivity index (χ2n) is 7.67. The Bertz CT molecular complexity index is 918. The number of hydroxylamine groups is 1. The van der Waals surface area contributed by atoms with Gasteiger partial charge >= 0.3 is 7.52 Å². The van der Waals surface area contributed by atoms with E-state index in [4.69, 9.17) is 9.26 Å². The summed E-state index contributed by atoms with van der Waals surface area (Å²) in [6, 6.07) is 13.9. The van der Waals surface area contributed by atoms with Gasteiger partial charge in [0.15, 0.2) is 0 Å². The number of hydrogen-bond acceptors (Lipinski definition) is 5. The van der Waals surface area contributed by atoms with E-state index in [0.717, 1.165) is 36.8 Å². The zero-order chi connectivity index (χ0) is 22.3. The summed E-state index contributed by atoms with van der Waals surface area (Å²) in [7, 11) is -2.03. The number of carbonyl (C=O) groups excluding carboxylic acids is 1. The number of unbranched alkanes of at least 4 members (excludes halogenated alkanes) is 3. The molecule has 1 aliphatic rings. The number of rotatable bonds is 10. The Kier molecular flexibility index (Phi) is 8.27. The van der Waals surface area contributed by atoms with E-state index < -0.39 is 19.5 Å². The molecule has 168 valence electrons. The van der Waals surface area contributed by atoms with Gasteiger partial charge in [-0.15, -0.1) is 0 Å². The van der Waals surface area contributed by atoms with Crippen molar-refractivity contribution in [1.29, 1.82) is 0 Å². The van der Waals surface area contributed by atoms with Gasteiger partial charge in [0, 0.05) is 6.54 Å². The van der Waals surface area contributed by atoms with Crippen molar-refractivity contribution in [2.45, 2.75) is 51.6 Å². The van der Waals surface area contributed by atoms with E-state index in [9.17, 15) is 14.6 Å². The van der Waals surface area contributed by atoms with Crippen LogP contribution in [0.4, 0.5) is 0 Å². The lowest BCUT2D eigenvalue weighted by atomic mass is 9.95. The third-order valence-electron chi connectivity index (χ3n) is 5.64. The standard InChI is InChI=1S/C23H31N2O5P/c1-3-4-5-8-15-30-31(28,21-13-11-20(29-2)12-14-21)25-17-19-10-7-6-9-18(19)16-22(25)23(26)24-27/h6-7,9-14,22,27H,3-5,8,15-17H2,1-2H3,(H,24,26)/t22-,31-/m1/s1. The van der Waals surface area contributed by atoms with Crippen LogP contribution >= 0.6 is 7.52 Å². The number of ether oxygens (including phenoxy) is 1. The van der Waals surface area contributed by atoms with E-state index in [1.165, 1.54) is 0 Å². The van der Waals surface area contributed by atoms with Gasteiger partial charge < -0.3 is 9.26 Å². The second-order valence-corrected chi connectivity index (χ2v) is 10.0. The number of hydrogen-bond donors (Lipinski definition) is 2. The van der Waals surface area contributed by atoms with E-state index in [1.807, 2.05) is 24.3 Å². The summed E-state index contributed by atoms with van der Waals surface area (Å²) in [5, 5.41) is 9.86. The topological polar surface area (TPSA) is 88.1 Å². The summed E-state index contributed by atoms with van der Waals surface area (Å²) in [6.07, 6.45) is 4.29. The molecular formula is C23H31N2O5P. The Labute approximate surface area is 183 Å². The number of amides is 1. The van der Waals surface area contributed by atoms with Crippen LogP contribution in [0.15, 0.2) is 48.5 Å². The highest BCUT2D eigenvalue weighted by Crippen LogP contribution is 2.54. The molecule has 0 aromatic heterocycles. The van der Waals surface area contributed by atoms with Gasteiger partial charge in [-0.3, -0.25) is 14.6 Å². The average molecular weight is 446 g/mol. The predicted molar refractivity (Wildman–Crippen MR) is 120 cm³/mol. The van der Waals surface area contributed by atoms with Crippen LogP contribution in [0.25, 0.3) is 0 Å². The molecule has 0 fully saturated rings. The highest BCUT2D eigenvalue weighted by molar-refractivity contribution is 7.64. The molecule has 1 heterocycles. The van der Waals surface area contributed by atoms with Crippen LogP contribution in [0.3, 0.4) is 0 Å². The van der Waals surface area contributed by atoms with Crippen molar-refractivity contribution in [2.24, 2.45) is 0 Å². The normalized spacial score (nSPS) is 18.1. The van der Waals surface area contributed by atoms with E-state index in [0.29, 0.717) is 24.1 Å². The molecule has 2 aromatic rings. The molecule has 0 bridgehead atoms. The zero-order valence-corrected chi connectivity index (χ0v) is 19.0. The summed E-state index contributed by atoms with van der Waals surface area (Å²) in [5.41, 5.74) is 3.73. The summed E-state index contributed by atoms with van der Waals surface area (Å²) < 4.78 is 27.4. The molecule has 2 N–H and O–H groups in total. The molecule has 2 aromatic carbocycles. The minimum absolute atomic E-state index is 0.284. The number of benzene rings is 2. The Morgan fingerprint density at radius 1 is 1.13 bits per heavy atom. The first-order chi connectivity index (χ1) is 15.0. The Morgan fingerprint density at radius 3 is 2.48 bits per heavy atom. The lowest BCUT2D eigenvalue weighted by molar-refractivity contribution is -0.133. The van der Waals surface area contributed by atoms with Gasteiger partial charge in [0.25, 0.3) is 5.91 Å². The monoisotopic (exact) mass is 446 g/mol. The predicted octanol–water partition coefficient (Wildman–Crippen LogP) is 4.04. The molecular weight excluding hydrogens is 415 g/mol. The first-order valence-electron chi connectivity index (χ1n) is 10.7. The zero-order valence-electron chi connectivity index (χ0n) is 18.1. The van der Waals surface area contributed by atoms with Crippen molar-refractivity contribution in [3.05, 3.63) is 59.7 Å². The van der Waals surface area contributed by atoms with E-state index >= 15 is 0 Å². The van der Waals surface area contributed by atoms with Gasteiger partial charge in [0.1, 0.15) is 11.8 Å². The molecule has 0 saturated carbocycles. The fourth-order valence-electron chi connectivity index (χ4n) is 3.87. The number of carbonyl (C=O) groups is 1. The van der Waals surface area contributed by atoms with E-state index in [1.54, 1.807) is 41.5 Å². The molecule has 31 heavy (non-hydrogen) atoms. The van der Waals surface area contributed by atoms with E-state index in [-0.39, 0.29) is 6.54 Å². The lowest BCUT2D eigenvalue weighted by Gasteiger charge is -2.39. The minimum atomic E-state index is -3.60. The molecule has 0 aliphatic carbocycles. The highest BCUT2D eigenvalue weighted by Gasteiger charge is 2.44. The van der Waals surface area contributed by atoms with Crippen LogP contribution in [-0.2, 0) is 26.8 Å². The molecule has 3 rings (SSSR count). The number of nitrogens with zero attached hydrogens (tertiary/aromatic N) is 1. The average Bonchev–Trinajstić information content (AvgIpc) is 2.82. The van der Waals surface area contributed by atoms with Crippen molar-refractivity contribution in [3.8, 4) is 5.75 Å². The third kappa shape index (κ3) is 5.36. The first-order valence-corrected chi connectivity index (χ1v) is 12.3. The Morgan fingerprint density at radius 2 is 1.84 bits per heavy atom. The van der Waals surface area contributed by atoms with Crippen LogP contribution in [0.1, 0.15) is 43.7 Å². The summed E-state index contributed by atoms with van der Waals surface area (Å²) in [5.74, 6) is 0.0460. The van der Waals surface area contributed by atoms with Crippen molar-refractivity contribution < 1.29 is 23.8 Å². The fraction of sp³-hybridized carbons (Fsp3) is 0.435. The second kappa shape index (κ2) is 10.9. The maximum atomic E-state index is 14.4. The molecule has 0 radical (unpaired) electrons. The molecule has 8 heteroatoms. The molecule has 0 saturated heterocycles. The number of methoxy groups -OCH3 is 1. The van der Waals surface area contributed by atoms with Gasteiger partial charge in [0.2, 0.25) is 0 Å². The maximum absolute atomic E-state index is 14.4. The number of fused-ring (bicyclic) bond motifs is 1. The van der Waals surface area contributed by atoms with Gasteiger partial charge in [-0.1, -0.05) is 50.5 Å². The summed E-state index contributed by atoms with van der Waals surface area (Å²) in [6.45, 7) is 2.74.